The second-order valence-electron chi connectivity index (χ2n) is 5.59. The second kappa shape index (κ2) is 7.35. The highest BCUT2D eigenvalue weighted by atomic mass is 19.1. The van der Waals surface area contributed by atoms with Gasteiger partial charge in [-0.25, -0.2) is 4.39 Å². The van der Waals surface area contributed by atoms with E-state index in [1.165, 1.54) is 13.0 Å². The van der Waals surface area contributed by atoms with Crippen molar-refractivity contribution in [2.45, 2.75) is 19.4 Å². The van der Waals surface area contributed by atoms with Crippen molar-refractivity contribution in [3.8, 4) is 0 Å². The van der Waals surface area contributed by atoms with Gasteiger partial charge in [0.15, 0.2) is 0 Å². The SMILES string of the molecule is CC(=O)NCCC(=O)N1CCN(C)C(c2ccccc2F)C1. The summed E-state index contributed by atoms with van der Waals surface area (Å²) in [5.74, 6) is -0.398. The molecule has 1 aliphatic heterocycles. The van der Waals surface area contributed by atoms with Crippen molar-refractivity contribution in [3.05, 3.63) is 35.6 Å². The molecule has 120 valence electrons. The molecule has 1 unspecified atom stereocenters. The monoisotopic (exact) mass is 307 g/mol. The fraction of sp³-hybridized carbons (Fsp3) is 0.500. The molecule has 1 N–H and O–H groups in total. The van der Waals surface area contributed by atoms with Crippen molar-refractivity contribution in [3.63, 3.8) is 0 Å². The molecule has 1 saturated heterocycles. The number of amides is 2. The van der Waals surface area contributed by atoms with Gasteiger partial charge in [-0.2, -0.15) is 0 Å². The Kier molecular flexibility index (Phi) is 5.49. The Labute approximate surface area is 130 Å². The van der Waals surface area contributed by atoms with Gasteiger partial charge in [0.2, 0.25) is 11.8 Å². The Hall–Kier alpha value is -1.95. The third kappa shape index (κ3) is 4.04. The molecule has 1 aromatic rings. The number of nitrogens with zero attached hydrogens (tertiary/aromatic N) is 2. The van der Waals surface area contributed by atoms with E-state index in [9.17, 15) is 14.0 Å². The average Bonchev–Trinajstić information content (AvgIpc) is 2.48. The van der Waals surface area contributed by atoms with E-state index in [0.29, 0.717) is 31.7 Å². The number of piperazine rings is 1. The van der Waals surface area contributed by atoms with Crippen LogP contribution in [-0.2, 0) is 9.59 Å². The van der Waals surface area contributed by atoms with Crippen LogP contribution in [-0.4, -0.2) is 54.8 Å². The first kappa shape index (κ1) is 16.4. The van der Waals surface area contributed by atoms with E-state index in [1.807, 2.05) is 13.1 Å². The van der Waals surface area contributed by atoms with Gasteiger partial charge in [0, 0.05) is 45.1 Å². The smallest absolute Gasteiger partial charge is 0.224 e. The van der Waals surface area contributed by atoms with Crippen LogP contribution in [0.5, 0.6) is 0 Å². The van der Waals surface area contributed by atoms with Gasteiger partial charge < -0.3 is 10.2 Å². The maximum atomic E-state index is 14.0. The van der Waals surface area contributed by atoms with Gasteiger partial charge in [0.1, 0.15) is 5.82 Å². The summed E-state index contributed by atoms with van der Waals surface area (Å²) in [5.41, 5.74) is 0.615. The van der Waals surface area contributed by atoms with Crippen molar-refractivity contribution in [2.75, 3.05) is 33.2 Å². The van der Waals surface area contributed by atoms with E-state index in [2.05, 4.69) is 10.2 Å². The maximum Gasteiger partial charge on any atom is 0.224 e. The highest BCUT2D eigenvalue weighted by Gasteiger charge is 2.29. The average molecular weight is 307 g/mol. The molecule has 1 aromatic carbocycles. The van der Waals surface area contributed by atoms with Gasteiger partial charge in [0.05, 0.1) is 6.04 Å². The Morgan fingerprint density at radius 1 is 1.32 bits per heavy atom. The predicted octanol–water partition coefficient (Wildman–Crippen LogP) is 1.17. The predicted molar refractivity (Wildman–Crippen MR) is 81.7 cm³/mol. The third-order valence-electron chi connectivity index (χ3n) is 3.98. The Balaban J connectivity index is 2.00. The summed E-state index contributed by atoms with van der Waals surface area (Å²) in [6, 6.07) is 6.55. The highest BCUT2D eigenvalue weighted by Crippen LogP contribution is 2.26. The number of hydrogen-bond donors (Lipinski definition) is 1. The van der Waals surface area contributed by atoms with E-state index in [0.717, 1.165) is 0 Å². The van der Waals surface area contributed by atoms with Crippen LogP contribution in [0.4, 0.5) is 4.39 Å². The molecule has 1 aliphatic rings. The van der Waals surface area contributed by atoms with Crippen molar-refractivity contribution >= 4 is 11.8 Å². The molecule has 0 bridgehead atoms. The first-order valence-corrected chi connectivity index (χ1v) is 7.46. The number of hydrogen-bond acceptors (Lipinski definition) is 3. The first-order chi connectivity index (χ1) is 10.5. The van der Waals surface area contributed by atoms with Crippen LogP contribution in [0.25, 0.3) is 0 Å². The van der Waals surface area contributed by atoms with Crippen LogP contribution < -0.4 is 5.32 Å². The fourth-order valence-electron chi connectivity index (χ4n) is 2.68. The summed E-state index contributed by atoms with van der Waals surface area (Å²) < 4.78 is 14.0. The number of likely N-dealkylation sites (N-methyl/N-ethyl adjacent to an activating group) is 1. The zero-order valence-corrected chi connectivity index (χ0v) is 13.0. The number of carbonyl (C=O) groups is 2. The fourth-order valence-corrected chi connectivity index (χ4v) is 2.68. The Morgan fingerprint density at radius 2 is 2.05 bits per heavy atom. The van der Waals surface area contributed by atoms with E-state index in [1.54, 1.807) is 17.0 Å². The summed E-state index contributed by atoms with van der Waals surface area (Å²) >= 11 is 0. The molecule has 5 nitrogen and oxygen atoms in total. The third-order valence-corrected chi connectivity index (χ3v) is 3.98. The molecule has 0 saturated carbocycles. The first-order valence-electron chi connectivity index (χ1n) is 7.46. The largest absolute Gasteiger partial charge is 0.356 e. The van der Waals surface area contributed by atoms with Crippen molar-refractivity contribution in [1.29, 1.82) is 0 Å². The lowest BCUT2D eigenvalue weighted by Crippen LogP contribution is -2.49. The molecule has 2 amide bonds. The minimum Gasteiger partial charge on any atom is -0.356 e. The molecule has 0 aromatic heterocycles. The van der Waals surface area contributed by atoms with Crippen LogP contribution in [0.1, 0.15) is 24.9 Å². The van der Waals surface area contributed by atoms with E-state index in [4.69, 9.17) is 0 Å². The normalized spacial score (nSPS) is 19.0. The zero-order valence-electron chi connectivity index (χ0n) is 13.0. The van der Waals surface area contributed by atoms with Crippen molar-refractivity contribution in [2.24, 2.45) is 0 Å². The molecule has 6 heteroatoms. The standard InChI is InChI=1S/C16H22FN3O2/c1-12(21)18-8-7-16(22)20-10-9-19(2)15(11-20)13-5-3-4-6-14(13)17/h3-6,15H,7-11H2,1-2H3,(H,18,21). The van der Waals surface area contributed by atoms with Crippen LogP contribution >= 0.6 is 0 Å². The van der Waals surface area contributed by atoms with Gasteiger partial charge in [0.25, 0.3) is 0 Å². The van der Waals surface area contributed by atoms with E-state index >= 15 is 0 Å². The molecule has 2 rings (SSSR count). The van der Waals surface area contributed by atoms with E-state index < -0.39 is 0 Å². The number of halogens is 1. The van der Waals surface area contributed by atoms with Crippen LogP contribution in [0.3, 0.4) is 0 Å². The zero-order chi connectivity index (χ0) is 16.1. The number of rotatable bonds is 4. The molecule has 1 atom stereocenters. The Bertz CT molecular complexity index is 550. The highest BCUT2D eigenvalue weighted by molar-refractivity contribution is 5.78. The minimum absolute atomic E-state index is 0.0109. The second-order valence-corrected chi connectivity index (χ2v) is 5.59. The molecule has 0 radical (unpaired) electrons. The number of benzene rings is 1. The van der Waals surface area contributed by atoms with Gasteiger partial charge in [-0.05, 0) is 13.1 Å². The summed E-state index contributed by atoms with van der Waals surface area (Å²) in [4.78, 5) is 26.9. The topological polar surface area (TPSA) is 52.7 Å². The minimum atomic E-state index is -0.244. The molecule has 1 heterocycles. The van der Waals surface area contributed by atoms with Crippen LogP contribution in [0.2, 0.25) is 0 Å². The molecule has 0 spiro atoms. The lowest BCUT2D eigenvalue weighted by atomic mass is 10.0. The maximum absolute atomic E-state index is 14.0. The van der Waals surface area contributed by atoms with E-state index in [-0.39, 0.29) is 30.1 Å². The molecule has 1 fully saturated rings. The van der Waals surface area contributed by atoms with Gasteiger partial charge in [-0.3, -0.25) is 14.5 Å². The summed E-state index contributed by atoms with van der Waals surface area (Å²) in [6.07, 6.45) is 0.271. The van der Waals surface area contributed by atoms with Gasteiger partial charge in [-0.15, -0.1) is 0 Å². The number of nitrogens with one attached hydrogen (secondary N) is 1. The van der Waals surface area contributed by atoms with Crippen molar-refractivity contribution in [1.82, 2.24) is 15.1 Å². The molecule has 22 heavy (non-hydrogen) atoms. The Morgan fingerprint density at radius 3 is 2.73 bits per heavy atom. The summed E-state index contributed by atoms with van der Waals surface area (Å²) in [6.45, 7) is 3.56. The summed E-state index contributed by atoms with van der Waals surface area (Å²) in [5, 5.41) is 2.62. The van der Waals surface area contributed by atoms with Gasteiger partial charge in [-0.1, -0.05) is 18.2 Å². The van der Waals surface area contributed by atoms with Gasteiger partial charge >= 0.3 is 0 Å². The molecular weight excluding hydrogens is 285 g/mol. The summed E-state index contributed by atoms with van der Waals surface area (Å²) in [7, 11) is 1.94. The number of carbonyl (C=O) groups excluding carboxylic acids is 2. The lowest BCUT2D eigenvalue weighted by Gasteiger charge is -2.39. The van der Waals surface area contributed by atoms with Crippen LogP contribution in [0, 0.1) is 5.82 Å². The van der Waals surface area contributed by atoms with Crippen molar-refractivity contribution < 1.29 is 14.0 Å². The molecule has 0 aliphatic carbocycles. The lowest BCUT2D eigenvalue weighted by molar-refractivity contribution is -0.134. The molecular formula is C16H22FN3O2. The quantitative estimate of drug-likeness (QED) is 0.908. The van der Waals surface area contributed by atoms with Crippen LogP contribution in [0.15, 0.2) is 24.3 Å².